The zero-order valence-corrected chi connectivity index (χ0v) is 17.4. The van der Waals surface area contributed by atoms with Crippen LogP contribution in [0.4, 0.5) is 5.69 Å². The van der Waals surface area contributed by atoms with Gasteiger partial charge < -0.3 is 15.1 Å². The molecule has 0 aliphatic rings. The molecule has 2 heterocycles. The minimum absolute atomic E-state index is 0.228. The monoisotopic (exact) mass is 434 g/mol. The summed E-state index contributed by atoms with van der Waals surface area (Å²) in [6.07, 6.45) is 2.98. The van der Waals surface area contributed by atoms with Gasteiger partial charge >= 0.3 is 0 Å². The molecule has 0 fully saturated rings. The predicted octanol–water partition coefficient (Wildman–Crippen LogP) is 4.61. The topological polar surface area (TPSA) is 89.2 Å². The Hall–Kier alpha value is -3.84. The molecule has 156 valence electrons. The smallest absolute Gasteiger partial charge is 0.291 e. The van der Waals surface area contributed by atoms with E-state index in [0.717, 1.165) is 11.3 Å². The molecule has 8 heteroatoms. The minimum atomic E-state index is -0.338. The van der Waals surface area contributed by atoms with Crippen LogP contribution >= 0.6 is 11.6 Å². The molecular formula is C23H19ClN4O3. The predicted molar refractivity (Wildman–Crippen MR) is 118 cm³/mol. The second-order valence-corrected chi connectivity index (χ2v) is 7.29. The molecule has 0 aliphatic carbocycles. The van der Waals surface area contributed by atoms with Crippen LogP contribution < -0.4 is 10.6 Å². The zero-order valence-electron chi connectivity index (χ0n) is 16.6. The molecule has 31 heavy (non-hydrogen) atoms. The van der Waals surface area contributed by atoms with Crippen LogP contribution in [0.3, 0.4) is 0 Å². The average Bonchev–Trinajstić information content (AvgIpc) is 3.42. The minimum Gasteiger partial charge on any atom is -0.459 e. The van der Waals surface area contributed by atoms with E-state index in [-0.39, 0.29) is 17.6 Å². The number of nitrogens with one attached hydrogen (secondary N) is 2. The van der Waals surface area contributed by atoms with E-state index in [2.05, 4.69) is 15.7 Å². The lowest BCUT2D eigenvalue weighted by molar-refractivity contribution is 0.0948. The Morgan fingerprint density at radius 2 is 1.90 bits per heavy atom. The van der Waals surface area contributed by atoms with Crippen molar-refractivity contribution in [3.05, 3.63) is 101 Å². The molecule has 0 radical (unpaired) electrons. The first kappa shape index (κ1) is 20.4. The fourth-order valence-electron chi connectivity index (χ4n) is 3.14. The Morgan fingerprint density at radius 3 is 2.68 bits per heavy atom. The third kappa shape index (κ3) is 4.67. The molecule has 0 saturated carbocycles. The molecule has 0 bridgehead atoms. The van der Waals surface area contributed by atoms with Gasteiger partial charge in [0.25, 0.3) is 11.8 Å². The Kier molecular flexibility index (Phi) is 5.86. The maximum Gasteiger partial charge on any atom is 0.291 e. The number of rotatable bonds is 6. The van der Waals surface area contributed by atoms with E-state index in [9.17, 15) is 9.59 Å². The highest BCUT2D eigenvalue weighted by molar-refractivity contribution is 6.30. The Balaban J connectivity index is 1.42. The number of amides is 2. The lowest BCUT2D eigenvalue weighted by atomic mass is 10.2. The highest BCUT2D eigenvalue weighted by Crippen LogP contribution is 2.18. The van der Waals surface area contributed by atoms with Crippen LogP contribution in [0.5, 0.6) is 0 Å². The summed E-state index contributed by atoms with van der Waals surface area (Å²) in [5, 5.41) is 10.6. The number of hydrogen-bond donors (Lipinski definition) is 2. The van der Waals surface area contributed by atoms with Crippen LogP contribution in [-0.2, 0) is 6.54 Å². The first-order chi connectivity index (χ1) is 15.0. The SMILES string of the molecule is Cc1c(C(=O)NCc2cccc(NC(=O)c3ccco3)c2)cnn1-c1cccc(Cl)c1. The van der Waals surface area contributed by atoms with Crippen molar-refractivity contribution >= 4 is 29.1 Å². The number of anilines is 1. The van der Waals surface area contributed by atoms with Gasteiger partial charge in [0.1, 0.15) is 0 Å². The second kappa shape index (κ2) is 8.89. The summed E-state index contributed by atoms with van der Waals surface area (Å²) in [7, 11) is 0. The van der Waals surface area contributed by atoms with Gasteiger partial charge in [-0.05, 0) is 55.0 Å². The standard InChI is InChI=1S/C23H19ClN4O3/c1-15-20(14-26-28(15)19-8-3-6-17(24)12-19)22(29)25-13-16-5-2-7-18(11-16)27-23(30)21-9-4-10-31-21/h2-12,14H,13H2,1H3,(H,25,29)(H,27,30). The van der Waals surface area contributed by atoms with E-state index in [1.54, 1.807) is 41.1 Å². The van der Waals surface area contributed by atoms with Gasteiger partial charge in [0.05, 0.1) is 29.4 Å². The molecule has 0 atom stereocenters. The number of carbonyl (C=O) groups excluding carboxylic acids is 2. The summed E-state index contributed by atoms with van der Waals surface area (Å²) in [4.78, 5) is 24.8. The Morgan fingerprint density at radius 1 is 1.06 bits per heavy atom. The van der Waals surface area contributed by atoms with Crippen molar-refractivity contribution in [1.82, 2.24) is 15.1 Å². The number of benzene rings is 2. The van der Waals surface area contributed by atoms with Crippen molar-refractivity contribution in [3.8, 4) is 5.69 Å². The molecule has 2 aromatic carbocycles. The molecule has 2 amide bonds. The summed E-state index contributed by atoms with van der Waals surface area (Å²) in [5.41, 5.74) is 3.41. The van der Waals surface area contributed by atoms with Crippen LogP contribution in [0.25, 0.3) is 5.69 Å². The molecule has 7 nitrogen and oxygen atoms in total. The molecule has 2 aromatic heterocycles. The lowest BCUT2D eigenvalue weighted by Gasteiger charge is -2.09. The van der Waals surface area contributed by atoms with Gasteiger partial charge in [-0.1, -0.05) is 29.8 Å². The average molecular weight is 435 g/mol. The molecule has 4 aromatic rings. The van der Waals surface area contributed by atoms with Crippen LogP contribution in [-0.4, -0.2) is 21.6 Å². The van der Waals surface area contributed by atoms with Crippen molar-refractivity contribution in [3.63, 3.8) is 0 Å². The highest BCUT2D eigenvalue weighted by Gasteiger charge is 2.15. The molecule has 2 N–H and O–H groups in total. The normalized spacial score (nSPS) is 10.6. The lowest BCUT2D eigenvalue weighted by Crippen LogP contribution is -2.23. The summed E-state index contributed by atoms with van der Waals surface area (Å²) < 4.78 is 6.77. The van der Waals surface area contributed by atoms with Gasteiger partial charge in [0.15, 0.2) is 5.76 Å². The molecular weight excluding hydrogens is 416 g/mol. The maximum atomic E-state index is 12.7. The highest BCUT2D eigenvalue weighted by atomic mass is 35.5. The number of hydrogen-bond acceptors (Lipinski definition) is 4. The van der Waals surface area contributed by atoms with E-state index in [0.29, 0.717) is 28.5 Å². The third-order valence-electron chi connectivity index (χ3n) is 4.69. The molecule has 4 rings (SSSR count). The summed E-state index contributed by atoms with van der Waals surface area (Å²) in [6.45, 7) is 2.12. The van der Waals surface area contributed by atoms with Crippen LogP contribution in [0.2, 0.25) is 5.02 Å². The number of aromatic nitrogens is 2. The van der Waals surface area contributed by atoms with Crippen molar-refractivity contribution in [2.24, 2.45) is 0 Å². The molecule has 0 unspecified atom stereocenters. The van der Waals surface area contributed by atoms with Gasteiger partial charge in [-0.25, -0.2) is 4.68 Å². The van der Waals surface area contributed by atoms with Crippen molar-refractivity contribution in [2.45, 2.75) is 13.5 Å². The van der Waals surface area contributed by atoms with Gasteiger partial charge in [-0.3, -0.25) is 9.59 Å². The van der Waals surface area contributed by atoms with E-state index in [1.165, 1.54) is 12.5 Å². The Bertz CT molecular complexity index is 1230. The summed E-state index contributed by atoms with van der Waals surface area (Å²) in [5.74, 6) is -0.350. The van der Waals surface area contributed by atoms with Crippen LogP contribution in [0.15, 0.2) is 77.5 Å². The van der Waals surface area contributed by atoms with Gasteiger partial charge in [-0.2, -0.15) is 5.10 Å². The first-order valence-electron chi connectivity index (χ1n) is 9.54. The van der Waals surface area contributed by atoms with Crippen molar-refractivity contribution in [2.75, 3.05) is 5.32 Å². The number of carbonyl (C=O) groups is 2. The quantitative estimate of drug-likeness (QED) is 0.463. The van der Waals surface area contributed by atoms with Gasteiger partial charge in [0.2, 0.25) is 0 Å². The number of furan rings is 1. The van der Waals surface area contributed by atoms with E-state index in [4.69, 9.17) is 16.0 Å². The summed E-state index contributed by atoms with van der Waals surface area (Å²) in [6, 6.07) is 17.7. The van der Waals surface area contributed by atoms with Crippen LogP contribution in [0.1, 0.15) is 32.2 Å². The van der Waals surface area contributed by atoms with Crippen molar-refractivity contribution in [1.29, 1.82) is 0 Å². The second-order valence-electron chi connectivity index (χ2n) is 6.85. The molecule has 0 aliphatic heterocycles. The van der Waals surface area contributed by atoms with E-state index in [1.807, 2.05) is 31.2 Å². The first-order valence-corrected chi connectivity index (χ1v) is 9.91. The molecule has 0 spiro atoms. The van der Waals surface area contributed by atoms with E-state index >= 15 is 0 Å². The number of halogens is 1. The number of nitrogens with zero attached hydrogens (tertiary/aromatic N) is 2. The van der Waals surface area contributed by atoms with Gasteiger partial charge in [-0.15, -0.1) is 0 Å². The van der Waals surface area contributed by atoms with Crippen molar-refractivity contribution < 1.29 is 14.0 Å². The third-order valence-corrected chi connectivity index (χ3v) is 4.93. The zero-order chi connectivity index (χ0) is 21.8. The molecule has 0 saturated heterocycles. The maximum absolute atomic E-state index is 12.7. The fourth-order valence-corrected chi connectivity index (χ4v) is 3.32. The largest absolute Gasteiger partial charge is 0.459 e. The summed E-state index contributed by atoms with van der Waals surface area (Å²) >= 11 is 6.06. The van der Waals surface area contributed by atoms with Gasteiger partial charge in [0, 0.05) is 17.3 Å². The van der Waals surface area contributed by atoms with Crippen LogP contribution in [0, 0.1) is 6.92 Å². The fraction of sp³-hybridized carbons (Fsp3) is 0.0870. The van der Waals surface area contributed by atoms with E-state index < -0.39 is 0 Å². The Labute approximate surface area is 183 Å².